The summed E-state index contributed by atoms with van der Waals surface area (Å²) in [7, 11) is -2.37. The van der Waals surface area contributed by atoms with Crippen LogP contribution < -0.4 is 14.8 Å². The second kappa shape index (κ2) is 12.7. The van der Waals surface area contributed by atoms with E-state index in [1.54, 1.807) is 7.05 Å². The molecular weight excluding hydrogens is 604 g/mol. The van der Waals surface area contributed by atoms with Crippen molar-refractivity contribution in [1.82, 2.24) is 14.5 Å². The number of benzene rings is 3. The highest BCUT2D eigenvalue weighted by Crippen LogP contribution is 2.37. The lowest BCUT2D eigenvalue weighted by Gasteiger charge is -2.44. The van der Waals surface area contributed by atoms with Gasteiger partial charge < -0.3 is 25.0 Å². The van der Waals surface area contributed by atoms with Crippen molar-refractivity contribution < 1.29 is 40.6 Å². The number of sulfonamides is 1. The lowest BCUT2D eigenvalue weighted by atomic mass is 9.78. The first kappa shape index (κ1) is 31.7. The van der Waals surface area contributed by atoms with Crippen LogP contribution in [-0.4, -0.2) is 81.8 Å². The van der Waals surface area contributed by atoms with Crippen molar-refractivity contribution >= 4 is 21.7 Å². The van der Waals surface area contributed by atoms with E-state index in [0.717, 1.165) is 24.3 Å². The highest BCUT2D eigenvalue weighted by atomic mass is 32.2. The summed E-state index contributed by atoms with van der Waals surface area (Å²) in [6.45, 7) is 0.854. The van der Waals surface area contributed by atoms with E-state index in [4.69, 9.17) is 4.74 Å². The number of rotatable bonds is 2. The lowest BCUT2D eigenvalue weighted by molar-refractivity contribution is 0.0256. The van der Waals surface area contributed by atoms with Gasteiger partial charge >= 0.3 is 6.03 Å². The maximum Gasteiger partial charge on any atom is 0.321 e. The molecule has 3 N–H and O–H groups in total. The van der Waals surface area contributed by atoms with E-state index in [0.29, 0.717) is 25.5 Å². The molecule has 1 spiro atoms. The van der Waals surface area contributed by atoms with Gasteiger partial charge in [0, 0.05) is 55.8 Å². The van der Waals surface area contributed by atoms with Gasteiger partial charge in [-0.1, -0.05) is 6.07 Å². The largest absolute Gasteiger partial charge is 0.492 e. The van der Waals surface area contributed by atoms with E-state index in [-0.39, 0.29) is 60.2 Å². The average molecular weight is 637 g/mol. The van der Waals surface area contributed by atoms with E-state index in [1.165, 1.54) is 29.2 Å². The van der Waals surface area contributed by atoms with Crippen molar-refractivity contribution in [3.05, 3.63) is 77.9 Å². The van der Waals surface area contributed by atoms with Crippen LogP contribution in [0.15, 0.2) is 59.5 Å². The molecule has 3 aromatic carbocycles. The number of β-amino-alcohol motifs (C(OH)–C–C–N with tert-alkyl or cyclic N) is 1. The second-order valence-electron chi connectivity index (χ2n) is 11.3. The van der Waals surface area contributed by atoms with Gasteiger partial charge in [-0.05, 0) is 61.9 Å². The molecule has 236 valence electrons. The number of halogens is 4. The first-order valence-corrected chi connectivity index (χ1v) is 15.4. The van der Waals surface area contributed by atoms with Crippen LogP contribution in [0.2, 0.25) is 0 Å². The number of nitrogens with one attached hydrogen (secondary N) is 2. The number of amides is 2. The maximum atomic E-state index is 14.6. The normalized spacial score (nSPS) is 20.6. The molecule has 9 nitrogen and oxygen atoms in total. The van der Waals surface area contributed by atoms with Gasteiger partial charge in [0.1, 0.15) is 33.9 Å². The summed E-state index contributed by atoms with van der Waals surface area (Å²) in [6.07, 6.45) is -0.196. The van der Waals surface area contributed by atoms with Crippen LogP contribution in [0, 0.1) is 28.7 Å². The van der Waals surface area contributed by atoms with Crippen molar-refractivity contribution in [2.24, 2.45) is 5.41 Å². The summed E-state index contributed by atoms with van der Waals surface area (Å²) in [4.78, 5) is 16.0. The minimum atomic E-state index is -4.16. The molecule has 2 heterocycles. The van der Waals surface area contributed by atoms with Crippen molar-refractivity contribution in [2.45, 2.75) is 23.8 Å². The van der Waals surface area contributed by atoms with Crippen LogP contribution in [0.5, 0.6) is 5.75 Å². The molecule has 1 fully saturated rings. The number of ether oxygens (including phenoxy) is 1. The number of anilines is 1. The van der Waals surface area contributed by atoms with Crippen LogP contribution in [0.25, 0.3) is 11.1 Å². The van der Waals surface area contributed by atoms with Crippen LogP contribution >= 0.6 is 0 Å². The molecule has 44 heavy (non-hydrogen) atoms. The number of likely N-dealkylation sites (tertiary alicyclic amines) is 1. The van der Waals surface area contributed by atoms with Crippen LogP contribution in [0.3, 0.4) is 0 Å². The summed E-state index contributed by atoms with van der Waals surface area (Å²) >= 11 is 0. The Hall–Kier alpha value is -3.72. The van der Waals surface area contributed by atoms with Crippen molar-refractivity contribution in [3.63, 3.8) is 0 Å². The lowest BCUT2D eigenvalue weighted by Crippen LogP contribution is -2.52. The topological polar surface area (TPSA) is 111 Å². The number of likely N-dealkylation sites (N-methyl/N-ethyl adjacent to an activating group) is 1. The number of fused-ring (bicyclic) bond motifs is 1. The summed E-state index contributed by atoms with van der Waals surface area (Å²) in [5, 5.41) is 13.0. The molecule has 0 radical (unpaired) electrons. The van der Waals surface area contributed by atoms with Gasteiger partial charge in [0.2, 0.25) is 10.0 Å². The number of urea groups is 1. The smallest absolute Gasteiger partial charge is 0.321 e. The van der Waals surface area contributed by atoms with E-state index in [1.807, 2.05) is 4.90 Å². The summed E-state index contributed by atoms with van der Waals surface area (Å²) in [6, 6.07) is 9.42. The number of carbonyl (C=O) groups excluding carboxylic acids is 1. The third-order valence-electron chi connectivity index (χ3n) is 7.93. The Balaban J connectivity index is 1.41. The molecule has 0 bridgehead atoms. The Bertz CT molecular complexity index is 1650. The second-order valence-corrected chi connectivity index (χ2v) is 13.1. The number of carbonyl (C=O) groups is 1. The molecule has 2 amide bonds. The third-order valence-corrected chi connectivity index (χ3v) is 9.39. The molecule has 3 aromatic rings. The zero-order chi connectivity index (χ0) is 31.6. The molecule has 0 aliphatic carbocycles. The van der Waals surface area contributed by atoms with E-state index in [2.05, 4.69) is 10.0 Å². The molecule has 1 saturated heterocycles. The van der Waals surface area contributed by atoms with Crippen LogP contribution in [0.4, 0.5) is 28.0 Å². The molecule has 2 aliphatic rings. The highest BCUT2D eigenvalue weighted by Gasteiger charge is 2.39. The summed E-state index contributed by atoms with van der Waals surface area (Å²) < 4.78 is 90.6. The number of hydrogen-bond acceptors (Lipinski definition) is 6. The van der Waals surface area contributed by atoms with Gasteiger partial charge in [-0.3, -0.25) is 0 Å². The predicted molar refractivity (Wildman–Crippen MR) is 155 cm³/mol. The van der Waals surface area contributed by atoms with Gasteiger partial charge in [0.15, 0.2) is 0 Å². The van der Waals surface area contributed by atoms with Crippen molar-refractivity contribution in [1.29, 1.82) is 0 Å². The molecule has 1 atom stereocenters. The monoisotopic (exact) mass is 636 g/mol. The van der Waals surface area contributed by atoms with Crippen molar-refractivity contribution in [3.8, 4) is 16.9 Å². The Kier molecular flexibility index (Phi) is 9.16. The fourth-order valence-electron chi connectivity index (χ4n) is 5.63. The molecule has 1 unspecified atom stereocenters. The Morgan fingerprint density at radius 2 is 1.68 bits per heavy atom. The first-order valence-electron chi connectivity index (χ1n) is 13.9. The molecule has 0 aromatic heterocycles. The molecule has 0 saturated carbocycles. The SMILES string of the molecule is CN1CC(O)CNS(=O)(=O)c2ccc(-c3ccc(F)cc3F)cc2OCC2(CCN(C(=O)Nc3ccc(F)cc3F)CC2)C1. The fourth-order valence-corrected chi connectivity index (χ4v) is 6.82. The Morgan fingerprint density at radius 1 is 1.00 bits per heavy atom. The van der Waals surface area contributed by atoms with E-state index >= 15 is 0 Å². The average Bonchev–Trinajstić information content (AvgIpc) is 2.96. The Morgan fingerprint density at radius 3 is 2.36 bits per heavy atom. The van der Waals surface area contributed by atoms with Gasteiger partial charge in [-0.15, -0.1) is 0 Å². The van der Waals surface area contributed by atoms with Crippen molar-refractivity contribution in [2.75, 3.05) is 51.7 Å². The number of aliphatic hydroxyl groups excluding tert-OH is 1. The van der Waals surface area contributed by atoms with Gasteiger partial charge in [0.05, 0.1) is 18.4 Å². The standard InChI is InChI=1S/C30H32F4N4O5S/c1-37-16-22(39)15-35-44(41,42)28-7-2-19(23-5-3-20(31)13-24(23)33)12-27(28)43-18-30(17-37)8-10-38(11-9-30)29(40)36-26-6-4-21(32)14-25(26)34/h2-7,12-14,22,35,39H,8-11,15-18H2,1H3,(H,36,40). The first-order chi connectivity index (χ1) is 20.8. The van der Waals surface area contributed by atoms with Gasteiger partial charge in [-0.2, -0.15) is 0 Å². The minimum Gasteiger partial charge on any atom is -0.492 e. The molecular formula is C30H32F4N4O5S. The number of aliphatic hydroxyl groups is 1. The highest BCUT2D eigenvalue weighted by molar-refractivity contribution is 7.89. The van der Waals surface area contributed by atoms with Crippen LogP contribution in [0.1, 0.15) is 12.8 Å². The van der Waals surface area contributed by atoms with Crippen LogP contribution in [-0.2, 0) is 10.0 Å². The maximum absolute atomic E-state index is 14.6. The molecule has 5 rings (SSSR count). The van der Waals surface area contributed by atoms with E-state index in [9.17, 15) is 35.9 Å². The zero-order valence-electron chi connectivity index (χ0n) is 23.8. The molecule has 14 heteroatoms. The Labute approximate surface area is 252 Å². The summed E-state index contributed by atoms with van der Waals surface area (Å²) in [5.41, 5.74) is -0.429. The number of nitrogens with zero attached hydrogens (tertiary/aromatic N) is 2. The number of hydrogen-bond donors (Lipinski definition) is 3. The van der Waals surface area contributed by atoms with Gasteiger partial charge in [-0.25, -0.2) is 35.5 Å². The van der Waals surface area contributed by atoms with Gasteiger partial charge in [0.25, 0.3) is 0 Å². The van der Waals surface area contributed by atoms with E-state index < -0.39 is 50.8 Å². The summed E-state index contributed by atoms with van der Waals surface area (Å²) in [5.74, 6) is -3.30. The fraction of sp³-hybridized carbons (Fsp3) is 0.367. The predicted octanol–water partition coefficient (Wildman–Crippen LogP) is 4.19. The third kappa shape index (κ3) is 7.15. The zero-order valence-corrected chi connectivity index (χ0v) is 24.6. The minimum absolute atomic E-state index is 0.0212. The molecule has 2 aliphatic heterocycles. The quantitative estimate of drug-likeness (QED) is 0.364. The number of piperidine rings is 1.